The van der Waals surface area contributed by atoms with Gasteiger partial charge in [-0.05, 0) is 43.4 Å². The predicted octanol–water partition coefficient (Wildman–Crippen LogP) is 2.98. The van der Waals surface area contributed by atoms with E-state index >= 15 is 0 Å². The highest BCUT2D eigenvalue weighted by Gasteiger charge is 2.22. The first-order valence-corrected chi connectivity index (χ1v) is 8.40. The summed E-state index contributed by atoms with van der Waals surface area (Å²) in [6.07, 6.45) is 3.34. The van der Waals surface area contributed by atoms with Gasteiger partial charge in [0.15, 0.2) is 0 Å². The van der Waals surface area contributed by atoms with E-state index in [0.29, 0.717) is 39.0 Å². The summed E-state index contributed by atoms with van der Waals surface area (Å²) < 4.78 is 19.0. The van der Waals surface area contributed by atoms with Crippen molar-refractivity contribution >= 4 is 11.9 Å². The fraction of sp³-hybridized carbons (Fsp3) is 0.556. The van der Waals surface area contributed by atoms with Crippen molar-refractivity contribution in [2.45, 2.75) is 51.2 Å². The van der Waals surface area contributed by atoms with Gasteiger partial charge in [0.2, 0.25) is 5.91 Å². The number of nitrogens with zero attached hydrogens (tertiary/aromatic N) is 1. The minimum absolute atomic E-state index is 0.0292. The Kier molecular flexibility index (Phi) is 7.18. The molecule has 2 rings (SSSR count). The summed E-state index contributed by atoms with van der Waals surface area (Å²) in [6.45, 7) is 1.55. The molecule has 1 N–H and O–H groups in total. The monoisotopic (exact) mass is 337 g/mol. The van der Waals surface area contributed by atoms with Crippen molar-refractivity contribution in [3.05, 3.63) is 35.6 Å². The molecule has 0 spiro atoms. The molecule has 6 heteroatoms. The summed E-state index contributed by atoms with van der Waals surface area (Å²) in [5, 5.41) is 8.65. The minimum Gasteiger partial charge on any atom is -0.481 e. The third-order valence-corrected chi connectivity index (χ3v) is 4.09. The minimum atomic E-state index is -0.849. The largest absolute Gasteiger partial charge is 0.481 e. The zero-order valence-electron chi connectivity index (χ0n) is 13.7. The number of hydrogen-bond acceptors (Lipinski definition) is 3. The van der Waals surface area contributed by atoms with Crippen LogP contribution in [0.15, 0.2) is 24.3 Å². The van der Waals surface area contributed by atoms with Crippen molar-refractivity contribution in [1.82, 2.24) is 4.90 Å². The van der Waals surface area contributed by atoms with Gasteiger partial charge in [-0.25, -0.2) is 4.39 Å². The van der Waals surface area contributed by atoms with Crippen LogP contribution < -0.4 is 0 Å². The maximum Gasteiger partial charge on any atom is 0.303 e. The Balaban J connectivity index is 1.93. The third-order valence-electron chi connectivity index (χ3n) is 4.09. The van der Waals surface area contributed by atoms with E-state index in [4.69, 9.17) is 9.84 Å². The lowest BCUT2D eigenvalue weighted by Gasteiger charge is -2.26. The number of carboxylic acid groups (broad SMARTS) is 1. The van der Waals surface area contributed by atoms with Crippen molar-refractivity contribution in [3.63, 3.8) is 0 Å². The van der Waals surface area contributed by atoms with Gasteiger partial charge in [0.1, 0.15) is 5.82 Å². The van der Waals surface area contributed by atoms with E-state index in [0.717, 1.165) is 18.4 Å². The van der Waals surface area contributed by atoms with Gasteiger partial charge in [-0.2, -0.15) is 0 Å². The molecular formula is C18H24FNO4. The van der Waals surface area contributed by atoms with Crippen LogP contribution in [0.5, 0.6) is 0 Å². The van der Waals surface area contributed by atoms with Crippen LogP contribution in [0, 0.1) is 5.82 Å². The van der Waals surface area contributed by atoms with E-state index < -0.39 is 5.97 Å². The first-order chi connectivity index (χ1) is 11.5. The Morgan fingerprint density at radius 2 is 2.08 bits per heavy atom. The Labute approximate surface area is 141 Å². The van der Waals surface area contributed by atoms with E-state index in [1.54, 1.807) is 17.0 Å². The maximum atomic E-state index is 13.4. The number of ether oxygens (including phenoxy) is 1. The maximum absolute atomic E-state index is 13.4. The first-order valence-electron chi connectivity index (χ1n) is 8.40. The van der Waals surface area contributed by atoms with Crippen LogP contribution in [-0.2, 0) is 20.9 Å². The second kappa shape index (κ2) is 9.37. The normalized spacial score (nSPS) is 17.0. The Morgan fingerprint density at radius 3 is 2.75 bits per heavy atom. The molecule has 1 fully saturated rings. The van der Waals surface area contributed by atoms with Gasteiger partial charge >= 0.3 is 5.97 Å². The van der Waals surface area contributed by atoms with Crippen LogP contribution in [-0.4, -0.2) is 41.1 Å². The number of hydrogen-bond donors (Lipinski definition) is 1. The molecule has 1 heterocycles. The number of unbranched alkanes of at least 4 members (excludes halogenated alkanes) is 1. The molecular weight excluding hydrogens is 313 g/mol. The summed E-state index contributed by atoms with van der Waals surface area (Å²) >= 11 is 0. The number of halogens is 1. The topological polar surface area (TPSA) is 66.8 Å². The summed E-state index contributed by atoms with van der Waals surface area (Å²) in [6, 6.07) is 6.23. The van der Waals surface area contributed by atoms with Crippen molar-refractivity contribution in [3.8, 4) is 0 Å². The average Bonchev–Trinajstić information content (AvgIpc) is 3.03. The molecule has 24 heavy (non-hydrogen) atoms. The average molecular weight is 337 g/mol. The van der Waals surface area contributed by atoms with Crippen LogP contribution >= 0.6 is 0 Å². The number of benzene rings is 1. The predicted molar refractivity (Wildman–Crippen MR) is 86.9 cm³/mol. The highest BCUT2D eigenvalue weighted by Crippen LogP contribution is 2.17. The van der Waals surface area contributed by atoms with Crippen LogP contribution in [0.3, 0.4) is 0 Å². The molecule has 0 bridgehead atoms. The van der Waals surface area contributed by atoms with E-state index in [9.17, 15) is 14.0 Å². The molecule has 132 valence electrons. The van der Waals surface area contributed by atoms with Crippen LogP contribution in [0.2, 0.25) is 0 Å². The number of rotatable bonds is 9. The second-order valence-electron chi connectivity index (χ2n) is 6.14. The molecule has 1 aromatic carbocycles. The van der Waals surface area contributed by atoms with Gasteiger partial charge in [-0.1, -0.05) is 12.1 Å². The molecule has 1 aliphatic heterocycles. The zero-order chi connectivity index (χ0) is 17.4. The first kappa shape index (κ1) is 18.4. The Bertz CT molecular complexity index is 558. The fourth-order valence-corrected chi connectivity index (χ4v) is 2.85. The number of aliphatic carboxylic acids is 1. The number of amides is 1. The lowest BCUT2D eigenvalue weighted by molar-refractivity contribution is -0.138. The molecule has 1 aromatic rings. The molecule has 1 unspecified atom stereocenters. The van der Waals surface area contributed by atoms with E-state index in [1.807, 2.05) is 0 Å². The zero-order valence-corrected chi connectivity index (χ0v) is 13.7. The molecule has 0 aromatic heterocycles. The second-order valence-corrected chi connectivity index (χ2v) is 6.14. The van der Waals surface area contributed by atoms with Gasteiger partial charge < -0.3 is 14.7 Å². The van der Waals surface area contributed by atoms with Crippen LogP contribution in [0.25, 0.3) is 0 Å². The molecule has 1 amide bonds. The molecule has 5 nitrogen and oxygen atoms in total. The quantitative estimate of drug-likeness (QED) is 0.704. The van der Waals surface area contributed by atoms with Crippen molar-refractivity contribution < 1.29 is 23.8 Å². The standard InChI is InChI=1S/C18H24FNO4/c19-15-6-3-5-14(11-15)12-20(13-16-7-4-10-24-16)17(21)8-1-2-9-18(22)23/h3,5-6,11,16H,1-2,4,7-10,12-13H2,(H,22,23). The molecule has 0 aliphatic carbocycles. The number of carbonyl (C=O) groups excluding carboxylic acids is 1. The SMILES string of the molecule is O=C(O)CCCCC(=O)N(Cc1cccc(F)c1)CC1CCCO1. The molecule has 0 radical (unpaired) electrons. The number of carboxylic acids is 1. The smallest absolute Gasteiger partial charge is 0.303 e. The van der Waals surface area contributed by atoms with E-state index in [2.05, 4.69) is 0 Å². The Hall–Kier alpha value is -1.95. The van der Waals surface area contributed by atoms with Crippen molar-refractivity contribution in [2.75, 3.05) is 13.2 Å². The van der Waals surface area contributed by atoms with E-state index in [1.165, 1.54) is 12.1 Å². The molecule has 1 saturated heterocycles. The van der Waals surface area contributed by atoms with Crippen molar-refractivity contribution in [2.24, 2.45) is 0 Å². The lowest BCUT2D eigenvalue weighted by Crippen LogP contribution is -2.36. The van der Waals surface area contributed by atoms with Gasteiger partial charge in [0.05, 0.1) is 6.10 Å². The Morgan fingerprint density at radius 1 is 1.29 bits per heavy atom. The van der Waals surface area contributed by atoms with Gasteiger partial charge in [0.25, 0.3) is 0 Å². The lowest BCUT2D eigenvalue weighted by atomic mass is 10.1. The summed E-state index contributed by atoms with van der Waals surface area (Å²) in [7, 11) is 0. The molecule has 1 aliphatic rings. The highest BCUT2D eigenvalue weighted by molar-refractivity contribution is 5.76. The van der Waals surface area contributed by atoms with Crippen molar-refractivity contribution in [1.29, 1.82) is 0 Å². The summed E-state index contributed by atoms with van der Waals surface area (Å²) in [4.78, 5) is 24.7. The van der Waals surface area contributed by atoms with Gasteiger partial charge in [-0.15, -0.1) is 0 Å². The summed E-state index contributed by atoms with van der Waals surface area (Å²) in [5.74, 6) is -1.21. The number of carbonyl (C=O) groups is 2. The van der Waals surface area contributed by atoms with Gasteiger partial charge in [0, 0.05) is 32.5 Å². The van der Waals surface area contributed by atoms with Crippen LogP contribution in [0.4, 0.5) is 4.39 Å². The summed E-state index contributed by atoms with van der Waals surface area (Å²) in [5.41, 5.74) is 0.742. The van der Waals surface area contributed by atoms with Gasteiger partial charge in [-0.3, -0.25) is 9.59 Å². The fourth-order valence-electron chi connectivity index (χ4n) is 2.85. The van der Waals surface area contributed by atoms with E-state index in [-0.39, 0.29) is 24.2 Å². The third kappa shape index (κ3) is 6.28. The van der Waals surface area contributed by atoms with Crippen LogP contribution in [0.1, 0.15) is 44.1 Å². The molecule has 1 atom stereocenters. The molecule has 0 saturated carbocycles. The highest BCUT2D eigenvalue weighted by atomic mass is 19.1.